The van der Waals surface area contributed by atoms with Gasteiger partial charge in [-0.1, -0.05) is 13.3 Å². The molecule has 1 rings (SSSR count). The molecule has 0 radical (unpaired) electrons. The third kappa shape index (κ3) is 3.03. The number of hydrogen-bond donors (Lipinski definition) is 0. The fraction of sp³-hybridized carbons (Fsp3) is 0.556. The summed E-state index contributed by atoms with van der Waals surface area (Å²) in [5.41, 5.74) is 0. The molecule has 0 saturated heterocycles. The lowest BCUT2D eigenvalue weighted by molar-refractivity contribution is 0.460. The van der Waals surface area contributed by atoms with E-state index in [1.807, 2.05) is 6.92 Å². The van der Waals surface area contributed by atoms with Crippen molar-refractivity contribution in [3.63, 3.8) is 0 Å². The summed E-state index contributed by atoms with van der Waals surface area (Å²) in [6.45, 7) is 2.62. The molecule has 1 aromatic heterocycles. The zero-order valence-corrected chi connectivity index (χ0v) is 12.0. The summed E-state index contributed by atoms with van der Waals surface area (Å²) >= 11 is 4.48. The third-order valence-corrected chi connectivity index (χ3v) is 6.56. The second kappa shape index (κ2) is 5.43. The van der Waals surface area contributed by atoms with Crippen LogP contribution < -0.4 is 0 Å². The van der Waals surface area contributed by atoms with Crippen molar-refractivity contribution < 1.29 is 8.42 Å². The summed E-state index contributed by atoms with van der Waals surface area (Å²) in [6, 6.07) is 1.76. The van der Waals surface area contributed by atoms with Crippen molar-refractivity contribution in [1.29, 1.82) is 0 Å². The van der Waals surface area contributed by atoms with Crippen molar-refractivity contribution in [2.45, 2.75) is 24.0 Å². The molecule has 0 bridgehead atoms. The monoisotopic (exact) mass is 311 g/mol. The maximum Gasteiger partial charge on any atom is 0.253 e. The van der Waals surface area contributed by atoms with Crippen LogP contribution in [-0.2, 0) is 10.0 Å². The third-order valence-electron chi connectivity index (χ3n) is 2.06. The lowest BCUT2D eigenvalue weighted by Gasteiger charge is -2.15. The van der Waals surface area contributed by atoms with E-state index in [-0.39, 0.29) is 0 Å². The minimum atomic E-state index is -3.29. The van der Waals surface area contributed by atoms with Crippen LogP contribution in [-0.4, -0.2) is 26.3 Å². The molecule has 15 heavy (non-hydrogen) atoms. The maximum absolute atomic E-state index is 12.0. The molecule has 0 N–H and O–H groups in total. The number of unbranched alkanes of at least 4 members (excludes halogenated alkanes) is 1. The highest BCUT2D eigenvalue weighted by molar-refractivity contribution is 9.10. The van der Waals surface area contributed by atoms with Gasteiger partial charge in [0, 0.05) is 18.1 Å². The summed E-state index contributed by atoms with van der Waals surface area (Å²) in [7, 11) is -1.67. The Bertz CT molecular complexity index is 414. The molecule has 0 aliphatic carbocycles. The average molecular weight is 312 g/mol. The molecule has 0 spiro atoms. The van der Waals surface area contributed by atoms with E-state index in [0.717, 1.165) is 12.8 Å². The van der Waals surface area contributed by atoms with Gasteiger partial charge in [-0.25, -0.2) is 12.7 Å². The normalized spacial score (nSPS) is 12.3. The number of thiophene rings is 1. The molecule has 86 valence electrons. The van der Waals surface area contributed by atoms with Gasteiger partial charge in [-0.2, -0.15) is 0 Å². The van der Waals surface area contributed by atoms with Gasteiger partial charge in [-0.3, -0.25) is 0 Å². The van der Waals surface area contributed by atoms with E-state index in [9.17, 15) is 8.42 Å². The highest BCUT2D eigenvalue weighted by Crippen LogP contribution is 2.29. The van der Waals surface area contributed by atoms with E-state index in [0.29, 0.717) is 15.2 Å². The van der Waals surface area contributed by atoms with Crippen LogP contribution in [0.25, 0.3) is 0 Å². The van der Waals surface area contributed by atoms with Crippen LogP contribution in [0.1, 0.15) is 19.8 Å². The lowest BCUT2D eigenvalue weighted by atomic mass is 10.3. The van der Waals surface area contributed by atoms with Crippen molar-refractivity contribution >= 4 is 37.3 Å². The summed E-state index contributed by atoms with van der Waals surface area (Å²) in [5, 5.41) is 1.77. The molecule has 3 nitrogen and oxygen atoms in total. The van der Waals surface area contributed by atoms with E-state index in [1.165, 1.54) is 15.6 Å². The first-order valence-electron chi connectivity index (χ1n) is 4.69. The Morgan fingerprint density at radius 3 is 2.67 bits per heavy atom. The van der Waals surface area contributed by atoms with Gasteiger partial charge in [0.25, 0.3) is 10.0 Å². The number of hydrogen-bond acceptors (Lipinski definition) is 3. The molecule has 0 fully saturated rings. The van der Waals surface area contributed by atoms with Crippen molar-refractivity contribution in [2.24, 2.45) is 0 Å². The van der Waals surface area contributed by atoms with E-state index in [2.05, 4.69) is 15.9 Å². The minimum absolute atomic E-state index is 0.390. The molecule has 0 aromatic carbocycles. The molecule has 0 aliphatic heterocycles. The van der Waals surface area contributed by atoms with Gasteiger partial charge in [0.1, 0.15) is 4.21 Å². The fourth-order valence-electron chi connectivity index (χ4n) is 1.11. The molecule has 0 saturated carbocycles. The Balaban J connectivity index is 2.88. The molecular formula is C9H14BrNO2S2. The zero-order chi connectivity index (χ0) is 11.5. The maximum atomic E-state index is 12.0. The van der Waals surface area contributed by atoms with Gasteiger partial charge in [0.2, 0.25) is 0 Å². The zero-order valence-electron chi connectivity index (χ0n) is 8.73. The molecule has 0 unspecified atom stereocenters. The van der Waals surface area contributed by atoms with E-state index < -0.39 is 10.0 Å². The first-order valence-corrected chi connectivity index (χ1v) is 7.80. The van der Waals surface area contributed by atoms with Crippen molar-refractivity contribution in [3.8, 4) is 0 Å². The first-order chi connectivity index (χ1) is 7.00. The number of nitrogens with zero attached hydrogens (tertiary/aromatic N) is 1. The predicted molar refractivity (Wildman–Crippen MR) is 66.7 cm³/mol. The SMILES string of the molecule is CCCCN(C)S(=O)(=O)c1sccc1Br. The van der Waals surface area contributed by atoms with Gasteiger partial charge in [-0.05, 0) is 33.8 Å². The average Bonchev–Trinajstić information content (AvgIpc) is 2.61. The van der Waals surface area contributed by atoms with Gasteiger partial charge in [-0.15, -0.1) is 11.3 Å². The fourth-order valence-corrected chi connectivity index (χ4v) is 4.82. The molecule has 0 amide bonds. The molecule has 1 heterocycles. The van der Waals surface area contributed by atoms with Crippen LogP contribution in [0.5, 0.6) is 0 Å². The van der Waals surface area contributed by atoms with Crippen LogP contribution >= 0.6 is 27.3 Å². The van der Waals surface area contributed by atoms with E-state index in [1.54, 1.807) is 18.5 Å². The molecule has 0 atom stereocenters. The largest absolute Gasteiger partial charge is 0.253 e. The molecule has 1 aromatic rings. The predicted octanol–water partition coefficient (Wildman–Crippen LogP) is 2.93. The first kappa shape index (κ1) is 13.2. The van der Waals surface area contributed by atoms with Crippen molar-refractivity contribution in [3.05, 3.63) is 15.9 Å². The second-order valence-electron chi connectivity index (χ2n) is 3.24. The van der Waals surface area contributed by atoms with Gasteiger partial charge >= 0.3 is 0 Å². The summed E-state index contributed by atoms with van der Waals surface area (Å²) in [5.74, 6) is 0. The second-order valence-corrected chi connectivity index (χ2v) is 7.25. The Kier molecular flexibility index (Phi) is 4.76. The molecule has 6 heteroatoms. The van der Waals surface area contributed by atoms with Crippen LogP contribution in [0.3, 0.4) is 0 Å². The van der Waals surface area contributed by atoms with Crippen LogP contribution in [0.15, 0.2) is 20.1 Å². The summed E-state index contributed by atoms with van der Waals surface area (Å²) in [6.07, 6.45) is 1.88. The smallest absolute Gasteiger partial charge is 0.206 e. The molecule has 0 aliphatic rings. The van der Waals surface area contributed by atoms with Crippen molar-refractivity contribution in [2.75, 3.05) is 13.6 Å². The van der Waals surface area contributed by atoms with E-state index in [4.69, 9.17) is 0 Å². The van der Waals surface area contributed by atoms with Crippen LogP contribution in [0.2, 0.25) is 0 Å². The highest BCUT2D eigenvalue weighted by Gasteiger charge is 2.23. The quantitative estimate of drug-likeness (QED) is 0.838. The molecular weight excluding hydrogens is 298 g/mol. The minimum Gasteiger partial charge on any atom is -0.206 e. The van der Waals surface area contributed by atoms with Gasteiger partial charge < -0.3 is 0 Å². The lowest BCUT2D eigenvalue weighted by Crippen LogP contribution is -2.27. The van der Waals surface area contributed by atoms with E-state index >= 15 is 0 Å². The summed E-state index contributed by atoms with van der Waals surface area (Å²) in [4.78, 5) is 0. The Morgan fingerprint density at radius 2 is 2.20 bits per heavy atom. The van der Waals surface area contributed by atoms with Gasteiger partial charge in [0.05, 0.1) is 0 Å². The van der Waals surface area contributed by atoms with Crippen LogP contribution in [0.4, 0.5) is 0 Å². The summed E-state index contributed by atoms with van der Waals surface area (Å²) < 4.78 is 26.5. The highest BCUT2D eigenvalue weighted by atomic mass is 79.9. The number of rotatable bonds is 5. The number of sulfonamides is 1. The number of halogens is 1. The standard InChI is InChI=1S/C9H14BrNO2S2/c1-3-4-6-11(2)15(12,13)9-8(10)5-7-14-9/h5,7H,3-4,6H2,1-2H3. The topological polar surface area (TPSA) is 37.4 Å². The van der Waals surface area contributed by atoms with Crippen LogP contribution in [0, 0.1) is 0 Å². The Labute approximate surface area is 103 Å². The van der Waals surface area contributed by atoms with Crippen molar-refractivity contribution in [1.82, 2.24) is 4.31 Å². The Morgan fingerprint density at radius 1 is 1.53 bits per heavy atom. The van der Waals surface area contributed by atoms with Gasteiger partial charge in [0.15, 0.2) is 0 Å². The Hall–Kier alpha value is 0.0900.